The first-order valence-electron chi connectivity index (χ1n) is 13.8. The number of carbonyl (C=O) groups excluding carboxylic acids is 2. The van der Waals surface area contributed by atoms with Crippen LogP contribution in [-0.2, 0) is 21.4 Å². The Bertz CT molecular complexity index is 1500. The number of hydrogen-bond acceptors (Lipinski definition) is 4. The second-order valence-corrected chi connectivity index (χ2v) is 12.7. The molecule has 0 atom stereocenters. The van der Waals surface area contributed by atoms with E-state index in [0.717, 1.165) is 11.1 Å². The monoisotopic (exact) mass is 581 g/mol. The Morgan fingerprint density at radius 1 is 0.854 bits per heavy atom. The molecule has 0 unspecified atom stereocenters. The normalized spacial score (nSPS) is 16.1. The second kappa shape index (κ2) is 12.1. The van der Waals surface area contributed by atoms with Gasteiger partial charge in [-0.2, -0.15) is 4.31 Å². The number of carbonyl (C=O) groups is 2. The van der Waals surface area contributed by atoms with E-state index in [-0.39, 0.29) is 53.3 Å². The highest BCUT2D eigenvalue weighted by Gasteiger charge is 2.41. The molecule has 5 rings (SSSR count). The quantitative estimate of drug-likeness (QED) is 0.365. The van der Waals surface area contributed by atoms with Crippen LogP contribution >= 0.6 is 0 Å². The zero-order valence-electron chi connectivity index (χ0n) is 22.9. The highest BCUT2D eigenvalue weighted by Crippen LogP contribution is 2.33. The molecule has 1 aliphatic carbocycles. The van der Waals surface area contributed by atoms with Crippen molar-refractivity contribution < 1.29 is 26.8 Å². The van der Waals surface area contributed by atoms with Crippen LogP contribution in [0.5, 0.6) is 0 Å². The minimum absolute atomic E-state index is 0.150. The van der Waals surface area contributed by atoms with Gasteiger partial charge >= 0.3 is 0 Å². The smallest absolute Gasteiger partial charge is 0.253 e. The summed E-state index contributed by atoms with van der Waals surface area (Å²) in [5.41, 5.74) is 1.92. The largest absolute Gasteiger partial charge is 0.338 e. The lowest BCUT2D eigenvalue weighted by atomic mass is 10.0. The summed E-state index contributed by atoms with van der Waals surface area (Å²) in [6.45, 7) is 2.49. The van der Waals surface area contributed by atoms with Gasteiger partial charge in [-0.05, 0) is 80.6 Å². The van der Waals surface area contributed by atoms with Crippen LogP contribution in [0.4, 0.5) is 8.78 Å². The lowest BCUT2D eigenvalue weighted by Crippen LogP contribution is -2.51. The van der Waals surface area contributed by atoms with Crippen molar-refractivity contribution >= 4 is 21.8 Å². The average Bonchev–Trinajstić information content (AvgIpc) is 3.81. The third kappa shape index (κ3) is 6.82. The van der Waals surface area contributed by atoms with Gasteiger partial charge in [0.15, 0.2) is 0 Å². The summed E-state index contributed by atoms with van der Waals surface area (Å²) in [6, 6.07) is 17.5. The van der Waals surface area contributed by atoms with E-state index in [2.05, 4.69) is 0 Å². The standard InChI is InChI=1S/C31H33F2N3O4S/c1-22-5-13-29(14-6-22)41(39,40)36(28-11-12-28)21-30(37)35(20-23-7-9-25(32)10-8-23)27-15-17-34(18-16-27)31(38)24-3-2-4-26(33)19-24/h2-10,13-14,19,27-28H,11-12,15-18,20-21H2,1H3. The fourth-order valence-electron chi connectivity index (χ4n) is 5.23. The highest BCUT2D eigenvalue weighted by molar-refractivity contribution is 7.89. The molecular formula is C31H33F2N3O4S. The van der Waals surface area contributed by atoms with Crippen molar-refractivity contribution in [3.63, 3.8) is 0 Å². The van der Waals surface area contributed by atoms with Gasteiger partial charge in [-0.3, -0.25) is 9.59 Å². The van der Waals surface area contributed by atoms with Crippen molar-refractivity contribution in [2.45, 2.75) is 56.1 Å². The van der Waals surface area contributed by atoms with Crippen molar-refractivity contribution in [3.05, 3.63) is 101 Å². The minimum atomic E-state index is -3.89. The van der Waals surface area contributed by atoms with Gasteiger partial charge in [0, 0.05) is 37.3 Å². The summed E-state index contributed by atoms with van der Waals surface area (Å²) in [6.07, 6.45) is 2.33. The molecule has 0 aromatic heterocycles. The number of halogens is 2. The topological polar surface area (TPSA) is 78.0 Å². The van der Waals surface area contributed by atoms with Crippen molar-refractivity contribution in [1.82, 2.24) is 14.1 Å². The van der Waals surface area contributed by atoms with Crippen LogP contribution < -0.4 is 0 Å². The van der Waals surface area contributed by atoms with Crippen LogP contribution in [0.15, 0.2) is 77.7 Å². The van der Waals surface area contributed by atoms with E-state index in [1.165, 1.54) is 34.6 Å². The summed E-state index contributed by atoms with van der Waals surface area (Å²) in [4.78, 5) is 30.3. The summed E-state index contributed by atoms with van der Waals surface area (Å²) in [5.74, 6) is -1.49. The molecule has 1 saturated heterocycles. The van der Waals surface area contributed by atoms with E-state index >= 15 is 0 Å². The maximum Gasteiger partial charge on any atom is 0.253 e. The average molecular weight is 582 g/mol. The number of sulfonamides is 1. The number of rotatable bonds is 9. The van der Waals surface area contributed by atoms with Crippen LogP contribution in [0.25, 0.3) is 0 Å². The first-order chi connectivity index (χ1) is 19.6. The number of aryl methyl sites for hydroxylation is 1. The number of amides is 2. The molecule has 0 N–H and O–H groups in total. The predicted molar refractivity (Wildman–Crippen MR) is 150 cm³/mol. The molecule has 1 saturated carbocycles. The molecule has 2 aliphatic rings. The van der Waals surface area contributed by atoms with E-state index in [1.54, 1.807) is 52.3 Å². The summed E-state index contributed by atoms with van der Waals surface area (Å²) >= 11 is 0. The number of benzene rings is 3. The van der Waals surface area contributed by atoms with Crippen LogP contribution in [0.2, 0.25) is 0 Å². The Morgan fingerprint density at radius 2 is 1.51 bits per heavy atom. The van der Waals surface area contributed by atoms with Crippen LogP contribution in [-0.4, -0.2) is 66.1 Å². The first-order valence-corrected chi connectivity index (χ1v) is 15.2. The molecule has 1 aliphatic heterocycles. The molecule has 1 heterocycles. The number of piperidine rings is 1. The third-order valence-electron chi connectivity index (χ3n) is 7.72. The number of likely N-dealkylation sites (tertiary alicyclic amines) is 1. The van der Waals surface area contributed by atoms with Gasteiger partial charge in [0.1, 0.15) is 11.6 Å². The maximum atomic E-state index is 13.9. The molecule has 7 nitrogen and oxygen atoms in total. The van der Waals surface area contributed by atoms with Gasteiger partial charge in [-0.1, -0.05) is 35.9 Å². The molecule has 216 valence electrons. The SMILES string of the molecule is Cc1ccc(S(=O)(=O)N(CC(=O)N(Cc2ccc(F)cc2)C2CCN(C(=O)c3cccc(F)c3)CC2)C2CC2)cc1. The first kappa shape index (κ1) is 28.9. The van der Waals surface area contributed by atoms with E-state index < -0.39 is 15.8 Å². The Hall–Kier alpha value is -3.63. The molecular weight excluding hydrogens is 548 g/mol. The molecule has 0 radical (unpaired) electrons. The Morgan fingerprint density at radius 3 is 2.12 bits per heavy atom. The molecule has 3 aromatic rings. The lowest BCUT2D eigenvalue weighted by molar-refractivity contribution is -0.135. The molecule has 0 bridgehead atoms. The van der Waals surface area contributed by atoms with E-state index in [1.807, 2.05) is 6.92 Å². The number of hydrogen-bond donors (Lipinski definition) is 0. The van der Waals surface area contributed by atoms with Gasteiger partial charge in [0.05, 0.1) is 11.4 Å². The zero-order valence-corrected chi connectivity index (χ0v) is 23.7. The molecule has 41 heavy (non-hydrogen) atoms. The van der Waals surface area contributed by atoms with Crippen molar-refractivity contribution in [1.29, 1.82) is 0 Å². The molecule has 2 fully saturated rings. The molecule has 0 spiro atoms. The van der Waals surface area contributed by atoms with Gasteiger partial charge in [0.2, 0.25) is 15.9 Å². The van der Waals surface area contributed by atoms with Gasteiger partial charge in [-0.25, -0.2) is 17.2 Å². The van der Waals surface area contributed by atoms with Crippen molar-refractivity contribution in [3.8, 4) is 0 Å². The summed E-state index contributed by atoms with van der Waals surface area (Å²) in [7, 11) is -3.89. The Labute approximate surface area is 239 Å². The fourth-order valence-corrected chi connectivity index (χ4v) is 6.87. The number of nitrogens with zero attached hydrogens (tertiary/aromatic N) is 3. The minimum Gasteiger partial charge on any atom is -0.338 e. The van der Waals surface area contributed by atoms with Gasteiger partial charge < -0.3 is 9.80 Å². The fraction of sp³-hybridized carbons (Fsp3) is 0.355. The molecule has 2 amide bonds. The Balaban J connectivity index is 1.34. The van der Waals surface area contributed by atoms with Crippen molar-refractivity contribution in [2.24, 2.45) is 0 Å². The second-order valence-electron chi connectivity index (χ2n) is 10.8. The van der Waals surface area contributed by atoms with Gasteiger partial charge in [-0.15, -0.1) is 0 Å². The molecule has 3 aromatic carbocycles. The Kier molecular flexibility index (Phi) is 8.51. The van der Waals surface area contributed by atoms with Crippen LogP contribution in [0.3, 0.4) is 0 Å². The third-order valence-corrected chi connectivity index (χ3v) is 9.64. The van der Waals surface area contributed by atoms with Crippen LogP contribution in [0.1, 0.15) is 47.2 Å². The van der Waals surface area contributed by atoms with Crippen LogP contribution in [0, 0.1) is 18.6 Å². The van der Waals surface area contributed by atoms with Crippen molar-refractivity contribution in [2.75, 3.05) is 19.6 Å². The molecule has 10 heteroatoms. The zero-order chi connectivity index (χ0) is 29.1. The predicted octanol–water partition coefficient (Wildman–Crippen LogP) is 4.76. The van der Waals surface area contributed by atoms with E-state index in [4.69, 9.17) is 0 Å². The maximum absolute atomic E-state index is 13.9. The van der Waals surface area contributed by atoms with Gasteiger partial charge in [0.25, 0.3) is 5.91 Å². The highest BCUT2D eigenvalue weighted by atomic mass is 32.2. The van der Waals surface area contributed by atoms with E-state index in [9.17, 15) is 26.8 Å². The summed E-state index contributed by atoms with van der Waals surface area (Å²) in [5, 5.41) is 0. The summed E-state index contributed by atoms with van der Waals surface area (Å²) < 4.78 is 55.7. The van der Waals surface area contributed by atoms with E-state index in [0.29, 0.717) is 38.8 Å². The lowest BCUT2D eigenvalue weighted by Gasteiger charge is -2.39.